The number of morpholine rings is 1. The van der Waals surface area contributed by atoms with Crippen LogP contribution in [0.15, 0.2) is 48.5 Å². The molecule has 0 spiro atoms. The van der Waals surface area contributed by atoms with E-state index in [-0.39, 0.29) is 12.3 Å². The van der Waals surface area contributed by atoms with Crippen molar-refractivity contribution < 1.29 is 23.9 Å². The monoisotopic (exact) mass is 425 g/mol. The number of rotatable bonds is 7. The average Bonchev–Trinajstić information content (AvgIpc) is 2.76. The van der Waals surface area contributed by atoms with Gasteiger partial charge in [0.15, 0.2) is 6.10 Å². The number of ether oxygens (including phenoxy) is 2. The Kier molecular flexibility index (Phi) is 7.61. The van der Waals surface area contributed by atoms with Crippen molar-refractivity contribution in [3.05, 3.63) is 54.1 Å². The third-order valence-corrected chi connectivity index (χ3v) is 4.81. The van der Waals surface area contributed by atoms with Crippen LogP contribution in [0.4, 0.5) is 17.1 Å². The second kappa shape index (κ2) is 10.6. The first-order valence-electron chi connectivity index (χ1n) is 10.2. The van der Waals surface area contributed by atoms with E-state index in [1.165, 1.54) is 13.8 Å². The lowest BCUT2D eigenvalue weighted by Gasteiger charge is -2.28. The normalized spacial score (nSPS) is 14.5. The van der Waals surface area contributed by atoms with Crippen molar-refractivity contribution in [2.24, 2.45) is 0 Å². The zero-order chi connectivity index (χ0) is 22.2. The molecule has 8 heteroatoms. The van der Waals surface area contributed by atoms with E-state index in [1.54, 1.807) is 24.3 Å². The predicted octanol–water partition coefficient (Wildman–Crippen LogP) is 2.59. The van der Waals surface area contributed by atoms with E-state index in [0.29, 0.717) is 24.6 Å². The highest BCUT2D eigenvalue weighted by Crippen LogP contribution is 2.19. The second-order valence-electron chi connectivity index (χ2n) is 7.32. The van der Waals surface area contributed by atoms with Gasteiger partial charge in [0.2, 0.25) is 5.91 Å². The Labute approximate surface area is 181 Å². The fourth-order valence-corrected chi connectivity index (χ4v) is 3.19. The molecule has 1 aliphatic heterocycles. The highest BCUT2D eigenvalue weighted by Gasteiger charge is 2.18. The number of nitrogens with one attached hydrogen (secondary N) is 2. The van der Waals surface area contributed by atoms with Gasteiger partial charge < -0.3 is 25.0 Å². The van der Waals surface area contributed by atoms with Crippen molar-refractivity contribution >= 4 is 34.8 Å². The Bertz CT molecular complexity index is 906. The molecular formula is C23H27N3O5. The van der Waals surface area contributed by atoms with Gasteiger partial charge in [0.1, 0.15) is 0 Å². The maximum Gasteiger partial charge on any atom is 0.311 e. The van der Waals surface area contributed by atoms with Crippen LogP contribution in [-0.4, -0.2) is 50.2 Å². The summed E-state index contributed by atoms with van der Waals surface area (Å²) in [6, 6.07) is 14.4. The first kappa shape index (κ1) is 22.3. The predicted molar refractivity (Wildman–Crippen MR) is 118 cm³/mol. The summed E-state index contributed by atoms with van der Waals surface area (Å²) in [5, 5.41) is 5.43. The van der Waals surface area contributed by atoms with Gasteiger partial charge in [-0.15, -0.1) is 0 Å². The van der Waals surface area contributed by atoms with Gasteiger partial charge in [-0.3, -0.25) is 14.4 Å². The molecule has 1 aliphatic rings. The summed E-state index contributed by atoms with van der Waals surface area (Å²) in [6.45, 7) is 6.07. The van der Waals surface area contributed by atoms with Crippen molar-refractivity contribution in [3.63, 3.8) is 0 Å². The summed E-state index contributed by atoms with van der Waals surface area (Å²) >= 11 is 0. The molecule has 3 rings (SSSR count). The fraction of sp³-hybridized carbons (Fsp3) is 0.348. The molecule has 2 N–H and O–H groups in total. The summed E-state index contributed by atoms with van der Waals surface area (Å²) < 4.78 is 10.6. The third-order valence-electron chi connectivity index (χ3n) is 4.81. The van der Waals surface area contributed by atoms with Crippen LogP contribution in [0.2, 0.25) is 0 Å². The summed E-state index contributed by atoms with van der Waals surface area (Å²) in [4.78, 5) is 37.8. The number of carbonyl (C=O) groups excluding carboxylic acids is 3. The Balaban J connectivity index is 1.47. The van der Waals surface area contributed by atoms with Gasteiger partial charge in [-0.25, -0.2) is 0 Å². The molecule has 1 heterocycles. The molecular weight excluding hydrogens is 398 g/mol. The van der Waals surface area contributed by atoms with E-state index in [0.717, 1.165) is 24.3 Å². The molecule has 2 aromatic rings. The number of carbonyl (C=O) groups is 3. The highest BCUT2D eigenvalue weighted by atomic mass is 16.5. The number of hydrogen-bond donors (Lipinski definition) is 2. The minimum absolute atomic E-state index is 0.0339. The van der Waals surface area contributed by atoms with Gasteiger partial charge in [-0.1, -0.05) is 12.1 Å². The minimum atomic E-state index is -0.926. The topological polar surface area (TPSA) is 97.0 Å². The lowest BCUT2D eigenvalue weighted by atomic mass is 10.1. The Morgan fingerprint density at radius 1 is 0.968 bits per heavy atom. The molecule has 0 radical (unpaired) electrons. The Morgan fingerprint density at radius 2 is 1.55 bits per heavy atom. The van der Waals surface area contributed by atoms with Crippen LogP contribution >= 0.6 is 0 Å². The smallest absolute Gasteiger partial charge is 0.311 e. The molecule has 1 saturated heterocycles. The molecule has 1 atom stereocenters. The maximum absolute atomic E-state index is 12.4. The minimum Gasteiger partial charge on any atom is -0.452 e. The summed E-state index contributed by atoms with van der Waals surface area (Å²) in [7, 11) is 0. The molecule has 0 unspecified atom stereocenters. The van der Waals surface area contributed by atoms with E-state index >= 15 is 0 Å². The van der Waals surface area contributed by atoms with Crippen LogP contribution in [0.5, 0.6) is 0 Å². The molecule has 0 bridgehead atoms. The first-order chi connectivity index (χ1) is 14.9. The Hall–Kier alpha value is -3.39. The van der Waals surface area contributed by atoms with Crippen LogP contribution < -0.4 is 15.5 Å². The number of anilines is 3. The molecule has 2 amide bonds. The molecule has 8 nitrogen and oxygen atoms in total. The quantitative estimate of drug-likeness (QED) is 0.662. The van der Waals surface area contributed by atoms with E-state index < -0.39 is 18.0 Å². The van der Waals surface area contributed by atoms with Crippen molar-refractivity contribution in [2.75, 3.05) is 41.8 Å². The molecule has 0 saturated carbocycles. The first-order valence-corrected chi connectivity index (χ1v) is 10.2. The average molecular weight is 425 g/mol. The van der Waals surface area contributed by atoms with Crippen molar-refractivity contribution in [2.45, 2.75) is 26.4 Å². The lowest BCUT2D eigenvalue weighted by Crippen LogP contribution is -2.36. The van der Waals surface area contributed by atoms with E-state index in [4.69, 9.17) is 9.47 Å². The number of nitrogens with zero attached hydrogens (tertiary/aromatic N) is 1. The van der Waals surface area contributed by atoms with Crippen molar-refractivity contribution in [3.8, 4) is 0 Å². The summed E-state index contributed by atoms with van der Waals surface area (Å²) in [6.07, 6.45) is -0.892. The molecule has 0 aliphatic carbocycles. The van der Waals surface area contributed by atoms with Gasteiger partial charge in [0.25, 0.3) is 5.91 Å². The maximum atomic E-state index is 12.4. The summed E-state index contributed by atoms with van der Waals surface area (Å²) in [5.41, 5.74) is 3.09. The number of esters is 1. The fourth-order valence-electron chi connectivity index (χ4n) is 3.19. The van der Waals surface area contributed by atoms with Crippen LogP contribution in [0, 0.1) is 0 Å². The van der Waals surface area contributed by atoms with Gasteiger partial charge >= 0.3 is 5.97 Å². The standard InChI is InChI=1S/C23H27N3O5/c1-16(31-22(28)15-18-3-5-19(6-4-18)24-17(2)27)23(29)25-20-7-9-21(10-8-20)26-11-13-30-14-12-26/h3-10,16H,11-15H2,1-2H3,(H,24,27)(H,25,29)/t16-/m0/s1. The van der Waals surface area contributed by atoms with Gasteiger partial charge in [0, 0.05) is 37.1 Å². The second-order valence-corrected chi connectivity index (χ2v) is 7.32. The number of benzene rings is 2. The van der Waals surface area contributed by atoms with E-state index in [1.807, 2.05) is 24.3 Å². The van der Waals surface area contributed by atoms with Gasteiger partial charge in [-0.2, -0.15) is 0 Å². The van der Waals surface area contributed by atoms with Gasteiger partial charge in [-0.05, 0) is 48.9 Å². The van der Waals surface area contributed by atoms with Crippen LogP contribution in [0.1, 0.15) is 19.4 Å². The van der Waals surface area contributed by atoms with Crippen molar-refractivity contribution in [1.82, 2.24) is 0 Å². The number of amides is 2. The molecule has 164 valence electrons. The SMILES string of the molecule is CC(=O)Nc1ccc(CC(=O)O[C@@H](C)C(=O)Nc2ccc(N3CCOCC3)cc2)cc1. The van der Waals surface area contributed by atoms with E-state index in [2.05, 4.69) is 15.5 Å². The van der Waals surface area contributed by atoms with Crippen LogP contribution in [0.3, 0.4) is 0 Å². The van der Waals surface area contributed by atoms with Crippen molar-refractivity contribution in [1.29, 1.82) is 0 Å². The molecule has 31 heavy (non-hydrogen) atoms. The molecule has 2 aromatic carbocycles. The van der Waals surface area contributed by atoms with Crippen LogP contribution in [0.25, 0.3) is 0 Å². The van der Waals surface area contributed by atoms with Crippen LogP contribution in [-0.2, 0) is 30.3 Å². The molecule has 0 aromatic heterocycles. The molecule has 1 fully saturated rings. The third kappa shape index (κ3) is 6.82. The van der Waals surface area contributed by atoms with Gasteiger partial charge in [0.05, 0.1) is 19.6 Å². The Morgan fingerprint density at radius 3 is 2.16 bits per heavy atom. The highest BCUT2D eigenvalue weighted by molar-refractivity contribution is 5.95. The zero-order valence-corrected chi connectivity index (χ0v) is 17.7. The lowest BCUT2D eigenvalue weighted by molar-refractivity contribution is -0.152. The zero-order valence-electron chi connectivity index (χ0n) is 17.7. The number of hydrogen-bond acceptors (Lipinski definition) is 6. The largest absolute Gasteiger partial charge is 0.452 e. The summed E-state index contributed by atoms with van der Waals surface area (Å²) in [5.74, 6) is -1.06. The van der Waals surface area contributed by atoms with E-state index in [9.17, 15) is 14.4 Å².